The van der Waals surface area contributed by atoms with Crippen molar-refractivity contribution in [1.29, 1.82) is 5.26 Å². The van der Waals surface area contributed by atoms with Crippen molar-refractivity contribution >= 4 is 23.3 Å². The number of hydrogen-bond donors (Lipinski definition) is 0. The molecule has 0 N–H and O–H groups in total. The van der Waals surface area contributed by atoms with Crippen LogP contribution in [0.1, 0.15) is 24.6 Å². The van der Waals surface area contributed by atoms with Crippen molar-refractivity contribution in [3.8, 4) is 17.6 Å². The van der Waals surface area contributed by atoms with E-state index >= 15 is 0 Å². The zero-order valence-electron chi connectivity index (χ0n) is 13.0. The molecule has 0 aliphatic heterocycles. The molecule has 0 fully saturated rings. The quantitative estimate of drug-likeness (QED) is 0.727. The van der Waals surface area contributed by atoms with Gasteiger partial charge in [-0.1, -0.05) is 24.6 Å². The Morgan fingerprint density at radius 3 is 2.83 bits per heavy atom. The van der Waals surface area contributed by atoms with E-state index in [1.54, 1.807) is 43.6 Å². The second kappa shape index (κ2) is 8.21. The third-order valence-corrected chi connectivity index (χ3v) is 3.36. The Kier molecular flexibility index (Phi) is 6.02. The van der Waals surface area contributed by atoms with E-state index in [0.717, 1.165) is 12.0 Å². The third-order valence-electron chi connectivity index (χ3n) is 3.07. The number of halogens is 1. The van der Waals surface area contributed by atoms with Gasteiger partial charge < -0.3 is 9.47 Å². The van der Waals surface area contributed by atoms with E-state index in [1.165, 1.54) is 0 Å². The van der Waals surface area contributed by atoms with Crippen LogP contribution in [0.25, 0.3) is 11.6 Å². The molecule has 118 valence electrons. The van der Waals surface area contributed by atoms with E-state index in [2.05, 4.69) is 11.1 Å². The van der Waals surface area contributed by atoms with Crippen LogP contribution in [0, 0.1) is 11.3 Å². The first kappa shape index (κ1) is 16.9. The number of benzene rings is 1. The molecule has 0 aliphatic carbocycles. The first-order chi connectivity index (χ1) is 11.2. The van der Waals surface area contributed by atoms with Crippen LogP contribution in [-0.4, -0.2) is 18.7 Å². The van der Waals surface area contributed by atoms with Crippen molar-refractivity contribution < 1.29 is 9.47 Å². The average Bonchev–Trinajstić information content (AvgIpc) is 2.59. The molecule has 2 rings (SSSR count). The lowest BCUT2D eigenvalue weighted by Gasteiger charge is -2.12. The molecule has 0 saturated carbocycles. The Morgan fingerprint density at radius 2 is 2.22 bits per heavy atom. The first-order valence-electron chi connectivity index (χ1n) is 7.23. The normalized spacial score (nSPS) is 11.0. The lowest BCUT2D eigenvalue weighted by atomic mass is 10.1. The predicted octanol–water partition coefficient (Wildman–Crippen LogP) is 4.60. The van der Waals surface area contributed by atoms with Crippen molar-refractivity contribution in [3.63, 3.8) is 0 Å². The summed E-state index contributed by atoms with van der Waals surface area (Å²) in [6.45, 7) is 2.58. The molecule has 0 aliphatic rings. The van der Waals surface area contributed by atoms with Gasteiger partial charge in [-0.25, -0.2) is 0 Å². The molecule has 0 saturated heterocycles. The van der Waals surface area contributed by atoms with E-state index in [4.69, 9.17) is 21.1 Å². The Morgan fingerprint density at radius 1 is 1.39 bits per heavy atom. The van der Waals surface area contributed by atoms with Crippen LogP contribution in [0.15, 0.2) is 36.5 Å². The van der Waals surface area contributed by atoms with Crippen molar-refractivity contribution in [3.05, 3.63) is 52.8 Å². The van der Waals surface area contributed by atoms with Gasteiger partial charge in [0.25, 0.3) is 0 Å². The SMILES string of the molecule is CCCOc1c(Cl)cc(/C=C(\C#N)c2ccccn2)cc1OC. The fraction of sp³-hybridized carbons (Fsp3) is 0.222. The highest BCUT2D eigenvalue weighted by Gasteiger charge is 2.12. The summed E-state index contributed by atoms with van der Waals surface area (Å²) in [7, 11) is 1.56. The van der Waals surface area contributed by atoms with Crippen molar-refractivity contribution in [2.75, 3.05) is 13.7 Å². The number of nitriles is 1. The van der Waals surface area contributed by atoms with E-state index in [-0.39, 0.29) is 0 Å². The average molecular weight is 329 g/mol. The van der Waals surface area contributed by atoms with Gasteiger partial charge in [-0.2, -0.15) is 5.26 Å². The third kappa shape index (κ3) is 4.24. The largest absolute Gasteiger partial charge is 0.493 e. The van der Waals surface area contributed by atoms with Crippen molar-refractivity contribution in [1.82, 2.24) is 4.98 Å². The zero-order chi connectivity index (χ0) is 16.7. The maximum Gasteiger partial charge on any atom is 0.179 e. The highest BCUT2D eigenvalue weighted by atomic mass is 35.5. The number of aromatic nitrogens is 1. The second-order valence-corrected chi connectivity index (χ2v) is 5.17. The van der Waals surface area contributed by atoms with Crippen LogP contribution >= 0.6 is 11.6 Å². The number of pyridine rings is 1. The maximum absolute atomic E-state index is 9.36. The first-order valence-corrected chi connectivity index (χ1v) is 7.61. The molecular weight excluding hydrogens is 312 g/mol. The van der Waals surface area contributed by atoms with E-state index in [0.29, 0.717) is 34.4 Å². The molecule has 1 aromatic carbocycles. The molecule has 0 bridgehead atoms. The van der Waals surface area contributed by atoms with E-state index in [1.807, 2.05) is 13.0 Å². The Bertz CT molecular complexity index is 737. The molecule has 0 amide bonds. The van der Waals surface area contributed by atoms with Crippen molar-refractivity contribution in [2.45, 2.75) is 13.3 Å². The number of hydrogen-bond acceptors (Lipinski definition) is 4. The molecule has 0 atom stereocenters. The molecular formula is C18H17ClN2O2. The fourth-order valence-electron chi connectivity index (χ4n) is 2.02. The van der Waals surface area contributed by atoms with Gasteiger partial charge in [0, 0.05) is 6.20 Å². The predicted molar refractivity (Wildman–Crippen MR) is 91.5 cm³/mol. The minimum Gasteiger partial charge on any atom is -0.493 e. The van der Waals surface area contributed by atoms with Gasteiger partial charge in [0.05, 0.1) is 30.0 Å². The van der Waals surface area contributed by atoms with Gasteiger partial charge in [-0.3, -0.25) is 4.98 Å². The summed E-state index contributed by atoms with van der Waals surface area (Å²) in [5.41, 5.74) is 1.81. The minimum atomic E-state index is 0.447. The lowest BCUT2D eigenvalue weighted by molar-refractivity contribution is 0.294. The summed E-state index contributed by atoms with van der Waals surface area (Å²) in [6.07, 6.45) is 4.25. The topological polar surface area (TPSA) is 55.1 Å². The standard InChI is InChI=1S/C18H17ClN2O2/c1-3-8-23-18-15(19)10-13(11-17(18)22-2)9-14(12-20)16-6-4-5-7-21-16/h4-7,9-11H,3,8H2,1-2H3/b14-9+. The molecule has 0 radical (unpaired) electrons. The fourth-order valence-corrected chi connectivity index (χ4v) is 2.29. The zero-order valence-corrected chi connectivity index (χ0v) is 13.8. The van der Waals surface area contributed by atoms with Crippen LogP contribution in [0.3, 0.4) is 0 Å². The summed E-state index contributed by atoms with van der Waals surface area (Å²) >= 11 is 6.29. The highest BCUT2D eigenvalue weighted by molar-refractivity contribution is 6.32. The molecule has 0 unspecified atom stereocenters. The van der Waals surface area contributed by atoms with Gasteiger partial charge in [0.2, 0.25) is 0 Å². The highest BCUT2D eigenvalue weighted by Crippen LogP contribution is 2.37. The summed E-state index contributed by atoms with van der Waals surface area (Å²) < 4.78 is 11.0. The van der Waals surface area contributed by atoms with Gasteiger partial charge >= 0.3 is 0 Å². The molecule has 1 heterocycles. The molecule has 5 heteroatoms. The maximum atomic E-state index is 9.36. The number of rotatable bonds is 6. The molecule has 4 nitrogen and oxygen atoms in total. The number of ether oxygens (including phenoxy) is 2. The number of methoxy groups -OCH3 is 1. The molecule has 2 aromatic rings. The van der Waals surface area contributed by atoms with Crippen LogP contribution in [-0.2, 0) is 0 Å². The van der Waals surface area contributed by atoms with Gasteiger partial charge in [-0.05, 0) is 42.3 Å². The summed E-state index contributed by atoms with van der Waals surface area (Å²) in [6, 6.07) is 11.1. The van der Waals surface area contributed by atoms with Gasteiger partial charge in [0.15, 0.2) is 11.5 Å². The molecule has 1 aromatic heterocycles. The Balaban J connectivity index is 2.42. The van der Waals surface area contributed by atoms with E-state index < -0.39 is 0 Å². The lowest BCUT2D eigenvalue weighted by Crippen LogP contribution is -1.99. The van der Waals surface area contributed by atoms with Crippen molar-refractivity contribution in [2.24, 2.45) is 0 Å². The number of allylic oxidation sites excluding steroid dienone is 1. The minimum absolute atomic E-state index is 0.447. The smallest absolute Gasteiger partial charge is 0.179 e. The summed E-state index contributed by atoms with van der Waals surface area (Å²) in [4.78, 5) is 4.19. The summed E-state index contributed by atoms with van der Waals surface area (Å²) in [5.74, 6) is 1.06. The van der Waals surface area contributed by atoms with Gasteiger partial charge in [0.1, 0.15) is 6.07 Å². The Hall–Kier alpha value is -2.51. The van der Waals surface area contributed by atoms with Crippen LogP contribution < -0.4 is 9.47 Å². The van der Waals surface area contributed by atoms with Crippen LogP contribution in [0.4, 0.5) is 0 Å². The molecule has 23 heavy (non-hydrogen) atoms. The number of nitrogens with zero attached hydrogens (tertiary/aromatic N) is 2. The second-order valence-electron chi connectivity index (χ2n) is 4.77. The monoisotopic (exact) mass is 328 g/mol. The summed E-state index contributed by atoms with van der Waals surface area (Å²) in [5, 5.41) is 9.81. The van der Waals surface area contributed by atoms with E-state index in [9.17, 15) is 5.26 Å². The Labute approximate surface area is 140 Å². The van der Waals surface area contributed by atoms with Crippen LogP contribution in [0.5, 0.6) is 11.5 Å². The molecule has 0 spiro atoms. The van der Waals surface area contributed by atoms with Gasteiger partial charge in [-0.15, -0.1) is 0 Å². The van der Waals surface area contributed by atoms with Crippen LogP contribution in [0.2, 0.25) is 5.02 Å².